The molecule has 8 aliphatic rings. The monoisotopic (exact) mass is 720 g/mol. The zero-order valence-corrected chi connectivity index (χ0v) is 31.7. The second kappa shape index (κ2) is 11.8. The van der Waals surface area contributed by atoms with Crippen LogP contribution >= 0.6 is 0 Å². The van der Waals surface area contributed by atoms with E-state index in [0.717, 1.165) is 38.5 Å². The van der Waals surface area contributed by atoms with Crippen molar-refractivity contribution in [2.45, 2.75) is 69.0 Å². The minimum absolute atomic E-state index is 0.242. The van der Waals surface area contributed by atoms with Gasteiger partial charge in [0.15, 0.2) is 0 Å². The lowest BCUT2D eigenvalue weighted by Crippen LogP contribution is -2.46. The predicted molar refractivity (Wildman–Crippen MR) is 232 cm³/mol. The molecule has 0 amide bonds. The molecule has 2 aliphatic heterocycles. The molecule has 0 saturated carbocycles. The lowest BCUT2D eigenvalue weighted by atomic mass is 9.75. The second-order valence-electron chi connectivity index (χ2n) is 17.2. The van der Waals surface area contributed by atoms with Gasteiger partial charge in [-0.05, 0) is 129 Å². The third-order valence-corrected chi connectivity index (χ3v) is 14.6. The molecule has 0 radical (unpaired) electrons. The van der Waals surface area contributed by atoms with Crippen LogP contribution in [0, 0.1) is 5.92 Å². The number of nitrogens with zero attached hydrogens (tertiary/aromatic N) is 2. The molecule has 0 aromatic heterocycles. The summed E-state index contributed by atoms with van der Waals surface area (Å²) in [6, 6.07) is 40.2. The highest BCUT2D eigenvalue weighted by molar-refractivity contribution is 6.18. The maximum atomic E-state index is 2.94. The summed E-state index contributed by atoms with van der Waals surface area (Å²) in [7, 11) is 0. The van der Waals surface area contributed by atoms with Gasteiger partial charge in [-0.2, -0.15) is 0 Å². The van der Waals surface area contributed by atoms with Crippen molar-refractivity contribution in [1.29, 1.82) is 0 Å². The van der Waals surface area contributed by atoms with Crippen LogP contribution in [-0.4, -0.2) is 23.0 Å². The fourth-order valence-electron chi connectivity index (χ4n) is 12.3. The van der Waals surface area contributed by atoms with Crippen molar-refractivity contribution in [3.63, 3.8) is 0 Å². The number of hydrogen-bond donors (Lipinski definition) is 0. The molecule has 5 aromatic rings. The molecule has 0 fully saturated rings. The summed E-state index contributed by atoms with van der Waals surface area (Å²) < 4.78 is 0. The summed E-state index contributed by atoms with van der Waals surface area (Å²) in [6.45, 7) is 0. The second-order valence-corrected chi connectivity index (χ2v) is 17.2. The number of rotatable bonds is 3. The summed E-state index contributed by atoms with van der Waals surface area (Å²) >= 11 is 0. The molecule has 5 atom stereocenters. The van der Waals surface area contributed by atoms with Gasteiger partial charge in [0.1, 0.15) is 0 Å². The van der Waals surface area contributed by atoms with Crippen molar-refractivity contribution in [3.05, 3.63) is 196 Å². The molecule has 0 N–H and O–H groups in total. The molecule has 0 saturated heterocycles. The third kappa shape index (κ3) is 4.28. The number of hydrogen-bond acceptors (Lipinski definition) is 2. The highest BCUT2D eigenvalue weighted by atomic mass is 15.2. The quantitative estimate of drug-likeness (QED) is 0.180. The molecule has 0 spiro atoms. The van der Waals surface area contributed by atoms with E-state index in [1.807, 2.05) is 0 Å². The minimum Gasteiger partial charge on any atom is -0.363 e. The first-order valence-electron chi connectivity index (χ1n) is 21.1. The molecule has 2 nitrogen and oxygen atoms in total. The predicted octanol–water partition coefficient (Wildman–Crippen LogP) is 12.9. The Kier molecular flexibility index (Phi) is 6.62. The van der Waals surface area contributed by atoms with E-state index in [1.54, 1.807) is 28.0 Å². The Labute approximate surface area is 329 Å². The molecular formula is C54H44N2. The first kappa shape index (κ1) is 31.4. The Bertz CT molecular complexity index is 2750. The van der Waals surface area contributed by atoms with E-state index < -0.39 is 0 Å². The number of para-hydroxylation sites is 1. The number of benzene rings is 5. The molecule has 56 heavy (non-hydrogen) atoms. The van der Waals surface area contributed by atoms with Crippen LogP contribution in [0.25, 0.3) is 38.6 Å². The first-order valence-corrected chi connectivity index (χ1v) is 21.1. The van der Waals surface area contributed by atoms with Crippen LogP contribution in [-0.2, 0) is 6.42 Å². The van der Waals surface area contributed by atoms with Gasteiger partial charge < -0.3 is 9.80 Å². The molecule has 6 aliphatic carbocycles. The van der Waals surface area contributed by atoms with Crippen LogP contribution in [0.15, 0.2) is 180 Å². The Hall–Kier alpha value is -5.86. The van der Waals surface area contributed by atoms with E-state index in [-0.39, 0.29) is 6.04 Å². The van der Waals surface area contributed by atoms with Crippen LogP contribution in [0.3, 0.4) is 0 Å². The van der Waals surface area contributed by atoms with E-state index >= 15 is 0 Å². The molecule has 5 unspecified atom stereocenters. The van der Waals surface area contributed by atoms with Gasteiger partial charge >= 0.3 is 0 Å². The van der Waals surface area contributed by atoms with Crippen molar-refractivity contribution >= 4 is 27.7 Å². The average Bonchev–Trinajstić information content (AvgIpc) is 3.90. The fraction of sp³-hybridized carbons (Fsp3) is 0.222. The molecule has 2 heterocycles. The van der Waals surface area contributed by atoms with Crippen LogP contribution in [0.5, 0.6) is 0 Å². The lowest BCUT2D eigenvalue weighted by Gasteiger charge is -2.44. The minimum atomic E-state index is 0.242. The first-order chi connectivity index (χ1) is 27.8. The molecule has 2 heteroatoms. The number of allylic oxidation sites excluding steroid dienone is 8. The van der Waals surface area contributed by atoms with Gasteiger partial charge in [-0.1, -0.05) is 140 Å². The van der Waals surface area contributed by atoms with Crippen molar-refractivity contribution in [1.82, 2.24) is 4.90 Å². The van der Waals surface area contributed by atoms with Gasteiger partial charge in [0, 0.05) is 40.3 Å². The zero-order valence-electron chi connectivity index (χ0n) is 31.7. The van der Waals surface area contributed by atoms with Gasteiger partial charge in [-0.3, -0.25) is 0 Å². The standard InChI is InChI=1S/C54H44N2/c1-2-13-36-35(12-1)32-53(40-17-6-5-14-37(36)40)56-49-23-10-8-19-42(49)47-31-34(25-28-52(47)56)33-24-27-51-46(30-33)41-18-7-9-22-48(41)55(51)50-29-26-44-39-16-4-3-15-38(39)43-20-11-21-45(50)54(43)44/h1-4,6-9,11-13,15-22,24-27,29-30,46-47,51-53H,5,10,14,23,28,31-32H2. The smallest absolute Gasteiger partial charge is 0.0630 e. The zero-order chi connectivity index (χ0) is 36.5. The van der Waals surface area contributed by atoms with Crippen molar-refractivity contribution in [2.75, 3.05) is 4.90 Å². The van der Waals surface area contributed by atoms with E-state index in [0.29, 0.717) is 23.9 Å². The van der Waals surface area contributed by atoms with Crippen molar-refractivity contribution in [3.8, 4) is 22.3 Å². The van der Waals surface area contributed by atoms with E-state index in [4.69, 9.17) is 0 Å². The van der Waals surface area contributed by atoms with E-state index in [9.17, 15) is 0 Å². The van der Waals surface area contributed by atoms with Crippen LogP contribution in [0.4, 0.5) is 11.4 Å². The summed E-state index contributed by atoms with van der Waals surface area (Å²) in [5.74, 6) is 0.840. The fourth-order valence-corrected chi connectivity index (χ4v) is 12.3. The molecule has 0 bridgehead atoms. The van der Waals surface area contributed by atoms with Crippen LogP contribution < -0.4 is 4.90 Å². The highest BCUT2D eigenvalue weighted by Gasteiger charge is 2.47. The number of anilines is 2. The van der Waals surface area contributed by atoms with Crippen LogP contribution in [0.1, 0.15) is 61.1 Å². The van der Waals surface area contributed by atoms with Gasteiger partial charge in [0.25, 0.3) is 0 Å². The summed E-state index contributed by atoms with van der Waals surface area (Å²) in [5.41, 5.74) is 22.0. The number of fused-ring (bicyclic) bond motifs is 10. The molecular weight excluding hydrogens is 677 g/mol. The van der Waals surface area contributed by atoms with Gasteiger partial charge in [0.05, 0.1) is 12.1 Å². The normalized spacial score (nSPS) is 26.0. The summed E-state index contributed by atoms with van der Waals surface area (Å²) in [6.07, 6.45) is 28.1. The topological polar surface area (TPSA) is 6.48 Å². The maximum absolute atomic E-state index is 2.94. The average molecular weight is 721 g/mol. The van der Waals surface area contributed by atoms with Crippen molar-refractivity contribution < 1.29 is 0 Å². The van der Waals surface area contributed by atoms with Gasteiger partial charge in [0.2, 0.25) is 0 Å². The van der Waals surface area contributed by atoms with E-state index in [1.165, 1.54) is 73.1 Å². The summed E-state index contributed by atoms with van der Waals surface area (Å²) in [4.78, 5) is 5.59. The maximum Gasteiger partial charge on any atom is 0.0630 e. The molecule has 13 rings (SSSR count). The van der Waals surface area contributed by atoms with Gasteiger partial charge in [-0.15, -0.1) is 0 Å². The largest absolute Gasteiger partial charge is 0.363 e. The SMILES string of the molecule is C1=CC2=C(CC1)c1ccccc1CC2N1C2=C(C=CCC2)C2CC(C3=CC4c5ccccc5N(c5ccc6c7c(cccc57)-c5ccccc5-6)C4C=C3)=CCC21. The molecule has 5 aromatic carbocycles. The van der Waals surface area contributed by atoms with Crippen molar-refractivity contribution in [2.24, 2.45) is 5.92 Å². The third-order valence-electron chi connectivity index (χ3n) is 14.6. The Morgan fingerprint density at radius 1 is 0.607 bits per heavy atom. The Balaban J connectivity index is 0.858. The molecule has 270 valence electrons. The van der Waals surface area contributed by atoms with E-state index in [2.05, 4.69) is 162 Å². The van der Waals surface area contributed by atoms with Gasteiger partial charge in [-0.25, -0.2) is 0 Å². The summed E-state index contributed by atoms with van der Waals surface area (Å²) in [5, 5.41) is 2.74. The Morgan fingerprint density at radius 3 is 2.29 bits per heavy atom. The Morgan fingerprint density at radius 2 is 1.38 bits per heavy atom. The van der Waals surface area contributed by atoms with Crippen LogP contribution in [0.2, 0.25) is 0 Å². The highest BCUT2D eigenvalue weighted by Crippen LogP contribution is 2.56. The lowest BCUT2D eigenvalue weighted by molar-refractivity contribution is 0.185.